The number of para-hydroxylation sites is 1. The molecule has 0 spiro atoms. The summed E-state index contributed by atoms with van der Waals surface area (Å²) in [4.78, 5) is 18.3. The molecule has 39 heavy (non-hydrogen) atoms. The zero-order valence-electron chi connectivity index (χ0n) is 22.0. The molecule has 3 aromatic carbocycles. The lowest BCUT2D eigenvalue weighted by Crippen LogP contribution is -2.35. The normalized spacial score (nSPS) is 14.0. The summed E-state index contributed by atoms with van der Waals surface area (Å²) in [5, 5.41) is 0. The number of carbonyl (C=O) groups excluding carboxylic acids is 1. The fourth-order valence-corrected chi connectivity index (χ4v) is 7.33. The lowest BCUT2D eigenvalue weighted by atomic mass is 10.0. The second-order valence-corrected chi connectivity index (χ2v) is 11.9. The summed E-state index contributed by atoms with van der Waals surface area (Å²) in [5.74, 6) is 0.318. The van der Waals surface area contributed by atoms with Crippen LogP contribution in [-0.4, -0.2) is 45.3 Å². The number of amides is 1. The summed E-state index contributed by atoms with van der Waals surface area (Å²) in [6.07, 6.45) is 1.61. The van der Waals surface area contributed by atoms with Crippen molar-refractivity contribution in [2.24, 2.45) is 4.99 Å². The topological polar surface area (TPSA) is 90.2 Å². The zero-order valence-corrected chi connectivity index (χ0v) is 23.6. The highest BCUT2D eigenvalue weighted by Crippen LogP contribution is 2.32. The number of thiazole rings is 1. The predicted molar refractivity (Wildman–Crippen MR) is 153 cm³/mol. The summed E-state index contributed by atoms with van der Waals surface area (Å²) < 4.78 is 42.5. The van der Waals surface area contributed by atoms with Crippen LogP contribution in [0.3, 0.4) is 0 Å². The first-order valence-corrected chi connectivity index (χ1v) is 15.3. The van der Waals surface area contributed by atoms with Gasteiger partial charge in [0.05, 0.1) is 34.0 Å². The van der Waals surface area contributed by atoms with E-state index in [9.17, 15) is 13.2 Å². The number of nitrogens with zero attached hydrogens (tertiary/aromatic N) is 3. The van der Waals surface area contributed by atoms with Gasteiger partial charge in [-0.05, 0) is 80.8 Å². The number of ether oxygens (including phenoxy) is 2. The van der Waals surface area contributed by atoms with Gasteiger partial charge in [-0.25, -0.2) is 8.42 Å². The van der Waals surface area contributed by atoms with E-state index in [2.05, 4.69) is 4.99 Å². The number of hydrogen-bond donors (Lipinski definition) is 0. The van der Waals surface area contributed by atoms with Crippen LogP contribution >= 0.6 is 11.3 Å². The van der Waals surface area contributed by atoms with Crippen LogP contribution in [-0.2, 0) is 27.7 Å². The summed E-state index contributed by atoms with van der Waals surface area (Å²) in [6, 6.07) is 19.4. The Morgan fingerprint density at radius 3 is 2.59 bits per heavy atom. The van der Waals surface area contributed by atoms with Gasteiger partial charge >= 0.3 is 0 Å². The van der Waals surface area contributed by atoms with Gasteiger partial charge in [-0.1, -0.05) is 29.5 Å². The van der Waals surface area contributed by atoms with Crippen LogP contribution in [0.25, 0.3) is 10.2 Å². The Morgan fingerprint density at radius 1 is 1.03 bits per heavy atom. The molecule has 10 heteroatoms. The summed E-state index contributed by atoms with van der Waals surface area (Å²) >= 11 is 1.40. The van der Waals surface area contributed by atoms with Crippen LogP contribution in [0.15, 0.2) is 76.6 Å². The fraction of sp³-hybridized carbons (Fsp3) is 0.310. The molecular weight excluding hydrogens is 534 g/mol. The van der Waals surface area contributed by atoms with Crippen molar-refractivity contribution in [1.82, 2.24) is 4.57 Å². The van der Waals surface area contributed by atoms with Gasteiger partial charge in [0, 0.05) is 25.3 Å². The van der Waals surface area contributed by atoms with Crippen molar-refractivity contribution < 1.29 is 22.7 Å². The largest absolute Gasteiger partial charge is 0.494 e. The molecule has 0 saturated heterocycles. The van der Waals surface area contributed by atoms with Gasteiger partial charge in [-0.15, -0.1) is 0 Å². The molecule has 204 valence electrons. The first kappa shape index (κ1) is 27.1. The number of aromatic nitrogens is 1. The minimum atomic E-state index is -3.76. The second-order valence-electron chi connectivity index (χ2n) is 9.05. The molecule has 0 N–H and O–H groups in total. The van der Waals surface area contributed by atoms with E-state index in [-0.39, 0.29) is 4.90 Å². The minimum Gasteiger partial charge on any atom is -0.494 e. The molecule has 1 amide bonds. The molecule has 4 aromatic rings. The van der Waals surface area contributed by atoms with Crippen molar-refractivity contribution >= 4 is 43.2 Å². The number of rotatable bonds is 9. The molecule has 0 radical (unpaired) electrons. The molecule has 0 aliphatic carbocycles. The molecule has 1 aliphatic heterocycles. The Balaban J connectivity index is 1.45. The van der Waals surface area contributed by atoms with Gasteiger partial charge in [0.2, 0.25) is 0 Å². The number of fused-ring (bicyclic) bond motifs is 2. The van der Waals surface area contributed by atoms with E-state index in [1.807, 2.05) is 60.9 Å². The van der Waals surface area contributed by atoms with Crippen LogP contribution in [0.4, 0.5) is 5.69 Å². The van der Waals surface area contributed by atoms with E-state index < -0.39 is 15.9 Å². The van der Waals surface area contributed by atoms with E-state index >= 15 is 0 Å². The molecule has 0 saturated carbocycles. The molecule has 1 aromatic heterocycles. The van der Waals surface area contributed by atoms with Crippen LogP contribution in [0.5, 0.6) is 5.75 Å². The first-order valence-electron chi connectivity index (χ1n) is 13.1. The van der Waals surface area contributed by atoms with Crippen molar-refractivity contribution in [1.29, 1.82) is 0 Å². The third-order valence-electron chi connectivity index (χ3n) is 6.58. The Bertz CT molecular complexity index is 1660. The van der Waals surface area contributed by atoms with E-state index in [0.29, 0.717) is 49.0 Å². The standard InChI is InChI=1S/C29H31N3O5S2/c1-3-36-19-18-31-26-16-13-23(37-4-2)20-27(26)38-29(31)30-28(33)22-11-14-24(15-12-22)39(34,35)32-17-7-9-21-8-5-6-10-25(21)32/h5-6,8,10-16,20H,3-4,7,9,17-19H2,1-2H3. The number of sulfonamides is 1. The van der Waals surface area contributed by atoms with Gasteiger partial charge in [0.25, 0.3) is 15.9 Å². The summed E-state index contributed by atoms with van der Waals surface area (Å²) in [7, 11) is -3.76. The van der Waals surface area contributed by atoms with E-state index in [1.54, 1.807) is 0 Å². The lowest BCUT2D eigenvalue weighted by Gasteiger charge is -2.30. The molecule has 0 fully saturated rings. The third kappa shape index (κ3) is 5.63. The molecule has 5 rings (SSSR count). The highest BCUT2D eigenvalue weighted by atomic mass is 32.2. The smallest absolute Gasteiger partial charge is 0.279 e. The molecule has 1 aliphatic rings. The van der Waals surface area contributed by atoms with E-state index in [0.717, 1.165) is 34.4 Å². The monoisotopic (exact) mass is 565 g/mol. The van der Waals surface area contributed by atoms with Crippen molar-refractivity contribution in [2.75, 3.05) is 30.7 Å². The van der Waals surface area contributed by atoms with Gasteiger partial charge < -0.3 is 14.0 Å². The number of aryl methyl sites for hydroxylation is 1. The Kier molecular flexibility index (Phi) is 8.15. The molecule has 0 unspecified atom stereocenters. The maximum absolute atomic E-state index is 13.5. The van der Waals surface area contributed by atoms with Crippen molar-refractivity contribution in [3.63, 3.8) is 0 Å². The maximum atomic E-state index is 13.5. The van der Waals surface area contributed by atoms with Gasteiger partial charge in [0.15, 0.2) is 4.80 Å². The van der Waals surface area contributed by atoms with Gasteiger partial charge in [0.1, 0.15) is 5.75 Å². The Labute approximate surface area is 232 Å². The van der Waals surface area contributed by atoms with Crippen molar-refractivity contribution in [3.8, 4) is 5.75 Å². The summed E-state index contributed by atoms with van der Waals surface area (Å²) in [5.41, 5.74) is 3.00. The lowest BCUT2D eigenvalue weighted by molar-refractivity contribution is 0.0996. The molecule has 0 bridgehead atoms. The first-order chi connectivity index (χ1) is 18.9. The number of benzene rings is 3. The van der Waals surface area contributed by atoms with Crippen LogP contribution in [0.1, 0.15) is 36.2 Å². The quantitative estimate of drug-likeness (QED) is 0.266. The van der Waals surface area contributed by atoms with Crippen LogP contribution < -0.4 is 13.8 Å². The van der Waals surface area contributed by atoms with Gasteiger partial charge in [-0.3, -0.25) is 9.10 Å². The summed E-state index contributed by atoms with van der Waals surface area (Å²) in [6.45, 7) is 6.49. The fourth-order valence-electron chi connectivity index (χ4n) is 4.71. The number of hydrogen-bond acceptors (Lipinski definition) is 6. The molecule has 8 nitrogen and oxygen atoms in total. The van der Waals surface area contributed by atoms with Crippen LogP contribution in [0.2, 0.25) is 0 Å². The van der Waals surface area contributed by atoms with E-state index in [4.69, 9.17) is 9.47 Å². The Morgan fingerprint density at radius 2 is 1.82 bits per heavy atom. The highest BCUT2D eigenvalue weighted by molar-refractivity contribution is 7.92. The molecular formula is C29H31N3O5S2. The molecule has 2 heterocycles. The Hall–Kier alpha value is -3.47. The van der Waals surface area contributed by atoms with Gasteiger partial charge in [-0.2, -0.15) is 4.99 Å². The second kappa shape index (κ2) is 11.7. The number of anilines is 1. The average molecular weight is 566 g/mol. The van der Waals surface area contributed by atoms with Crippen molar-refractivity contribution in [3.05, 3.63) is 82.7 Å². The zero-order chi connectivity index (χ0) is 27.4. The van der Waals surface area contributed by atoms with Crippen molar-refractivity contribution in [2.45, 2.75) is 38.1 Å². The molecule has 0 atom stereocenters. The van der Waals surface area contributed by atoms with Crippen LogP contribution in [0, 0.1) is 0 Å². The van der Waals surface area contributed by atoms with E-state index in [1.165, 1.54) is 39.9 Å². The minimum absolute atomic E-state index is 0.146. The SMILES string of the molecule is CCOCCn1c(=NC(=O)c2ccc(S(=O)(=O)N3CCCc4ccccc43)cc2)sc2cc(OCC)ccc21. The average Bonchev–Trinajstić information content (AvgIpc) is 3.29. The third-order valence-corrected chi connectivity index (χ3v) is 9.45. The predicted octanol–water partition coefficient (Wildman–Crippen LogP) is 5.02. The maximum Gasteiger partial charge on any atom is 0.279 e. The highest BCUT2D eigenvalue weighted by Gasteiger charge is 2.29. The number of carbonyl (C=O) groups is 1.